The number of phenols is 2. The van der Waals surface area contributed by atoms with Gasteiger partial charge in [0.25, 0.3) is 0 Å². The molecule has 0 spiro atoms. The molecule has 0 unspecified atom stereocenters. The van der Waals surface area contributed by atoms with Crippen LogP contribution in [0.5, 0.6) is 11.5 Å². The SMILES string of the molecule is Oc1cc(F)c(F)cc1F.Oc1cc(F)c(F)cc1F.[Cl-].[Cl-].[Zr+2]. The minimum Gasteiger partial charge on any atom is -1.00 e. The molecule has 0 saturated carbocycles. The van der Waals surface area contributed by atoms with Gasteiger partial charge in [0.05, 0.1) is 0 Å². The minimum absolute atomic E-state index is 0. The summed E-state index contributed by atoms with van der Waals surface area (Å²) in [5, 5.41) is 16.9. The molecule has 2 nitrogen and oxygen atoms in total. The molecule has 23 heavy (non-hydrogen) atoms. The van der Waals surface area contributed by atoms with Crippen molar-refractivity contribution >= 4 is 0 Å². The summed E-state index contributed by atoms with van der Waals surface area (Å²) in [5.74, 6) is -9.26. The van der Waals surface area contributed by atoms with Crippen LogP contribution in [0.15, 0.2) is 24.3 Å². The zero-order chi connectivity index (χ0) is 15.4. The molecule has 0 amide bonds. The van der Waals surface area contributed by atoms with Gasteiger partial charge in [0.1, 0.15) is 0 Å². The third-order valence-electron chi connectivity index (χ3n) is 1.98. The van der Waals surface area contributed by atoms with Crippen LogP contribution in [0, 0.1) is 34.9 Å². The fraction of sp³-hybridized carbons (Fsp3) is 0. The molecule has 11 heteroatoms. The quantitative estimate of drug-likeness (QED) is 0.342. The standard InChI is InChI=1S/2C6H3F3O.2ClH.Zr/c2*7-3-1-5(9)6(10)2-4(3)8;;;/h2*1-2,10H;2*1H;/q;;;;+2/p-2. The largest absolute Gasteiger partial charge is 2.00 e. The third-order valence-corrected chi connectivity index (χ3v) is 1.98. The van der Waals surface area contributed by atoms with E-state index in [1.807, 2.05) is 0 Å². The molecular weight excluding hydrogens is 452 g/mol. The number of aromatic hydroxyl groups is 2. The molecule has 0 bridgehead atoms. The van der Waals surface area contributed by atoms with Gasteiger partial charge in [0, 0.05) is 24.3 Å². The number of phenolic OH excluding ortho intramolecular Hbond substituents is 2. The molecule has 0 fully saturated rings. The Labute approximate surface area is 158 Å². The van der Waals surface area contributed by atoms with Crippen molar-refractivity contribution in [1.82, 2.24) is 0 Å². The van der Waals surface area contributed by atoms with Crippen LogP contribution in [0.2, 0.25) is 0 Å². The fourth-order valence-electron chi connectivity index (χ4n) is 1.02. The summed E-state index contributed by atoms with van der Waals surface area (Å²) in [5.41, 5.74) is 0. The van der Waals surface area contributed by atoms with Crippen LogP contribution in [0.1, 0.15) is 0 Å². The Kier molecular flexibility index (Phi) is 13.6. The van der Waals surface area contributed by atoms with Gasteiger partial charge in [0.2, 0.25) is 0 Å². The van der Waals surface area contributed by atoms with Gasteiger partial charge in [0.15, 0.2) is 46.4 Å². The Bertz CT molecular complexity index is 489. The van der Waals surface area contributed by atoms with E-state index in [-0.39, 0.29) is 63.2 Å². The van der Waals surface area contributed by atoms with Crippen molar-refractivity contribution in [3.8, 4) is 11.5 Å². The third kappa shape index (κ3) is 7.95. The molecule has 2 N–H and O–H groups in total. The van der Waals surface area contributed by atoms with Gasteiger partial charge < -0.3 is 35.0 Å². The average molecular weight is 458 g/mol. The average Bonchev–Trinajstić information content (AvgIpc) is 2.35. The number of halogens is 8. The molecule has 0 aliphatic rings. The first-order chi connectivity index (χ1) is 9.22. The topological polar surface area (TPSA) is 40.5 Å². The number of benzene rings is 2. The molecule has 0 aliphatic carbocycles. The van der Waals surface area contributed by atoms with E-state index < -0.39 is 46.4 Å². The maximum absolute atomic E-state index is 12.1. The van der Waals surface area contributed by atoms with Gasteiger partial charge in [-0.05, 0) is 0 Å². The Balaban J connectivity index is -0.000000308. The minimum atomic E-state index is -1.31. The van der Waals surface area contributed by atoms with E-state index in [2.05, 4.69) is 0 Å². The van der Waals surface area contributed by atoms with Crippen molar-refractivity contribution in [2.75, 3.05) is 0 Å². The second-order valence-corrected chi connectivity index (χ2v) is 3.44. The summed E-state index contributed by atoms with van der Waals surface area (Å²) in [6.45, 7) is 0. The predicted octanol–water partition coefficient (Wildman–Crippen LogP) is -2.38. The Hall–Kier alpha value is -0.917. The number of rotatable bonds is 0. The zero-order valence-electron chi connectivity index (χ0n) is 10.7. The van der Waals surface area contributed by atoms with Crippen LogP contribution >= 0.6 is 0 Å². The maximum Gasteiger partial charge on any atom is 2.00 e. The van der Waals surface area contributed by atoms with Crippen molar-refractivity contribution in [2.45, 2.75) is 0 Å². The van der Waals surface area contributed by atoms with Gasteiger partial charge in [-0.1, -0.05) is 0 Å². The molecule has 2 aromatic rings. The Morgan fingerprint density at radius 1 is 0.478 bits per heavy atom. The van der Waals surface area contributed by atoms with Crippen LogP contribution in [-0.2, 0) is 26.2 Å². The molecule has 0 atom stereocenters. The van der Waals surface area contributed by atoms with E-state index in [0.717, 1.165) is 0 Å². The van der Waals surface area contributed by atoms with Crippen molar-refractivity contribution in [3.63, 3.8) is 0 Å². The van der Waals surface area contributed by atoms with Crippen molar-refractivity contribution < 1.29 is 87.6 Å². The van der Waals surface area contributed by atoms with Crippen LogP contribution in [0.4, 0.5) is 26.3 Å². The van der Waals surface area contributed by atoms with Crippen LogP contribution in [0.25, 0.3) is 0 Å². The summed E-state index contributed by atoms with van der Waals surface area (Å²) in [4.78, 5) is 0. The Morgan fingerprint density at radius 3 is 0.913 bits per heavy atom. The van der Waals surface area contributed by atoms with E-state index in [0.29, 0.717) is 12.1 Å². The monoisotopic (exact) mass is 456 g/mol. The molecule has 2 rings (SSSR count). The van der Waals surface area contributed by atoms with Crippen LogP contribution in [0.3, 0.4) is 0 Å². The molecule has 0 heterocycles. The number of hydrogen-bond donors (Lipinski definition) is 2. The normalized spacial score (nSPS) is 8.61. The predicted molar refractivity (Wildman–Crippen MR) is 56.0 cm³/mol. The number of hydrogen-bond acceptors (Lipinski definition) is 2. The van der Waals surface area contributed by atoms with Crippen molar-refractivity contribution in [2.24, 2.45) is 0 Å². The zero-order valence-corrected chi connectivity index (χ0v) is 14.7. The van der Waals surface area contributed by atoms with E-state index in [1.54, 1.807) is 0 Å². The molecule has 126 valence electrons. The van der Waals surface area contributed by atoms with E-state index in [9.17, 15) is 26.3 Å². The van der Waals surface area contributed by atoms with Gasteiger partial charge in [-0.25, -0.2) is 26.3 Å². The van der Waals surface area contributed by atoms with Gasteiger partial charge >= 0.3 is 26.2 Å². The molecule has 0 saturated heterocycles. The maximum atomic E-state index is 12.1. The van der Waals surface area contributed by atoms with Gasteiger partial charge in [-0.15, -0.1) is 0 Å². The van der Waals surface area contributed by atoms with E-state index in [1.165, 1.54) is 0 Å². The molecule has 2 aromatic carbocycles. The molecule has 0 radical (unpaired) electrons. The summed E-state index contributed by atoms with van der Waals surface area (Å²) in [6.07, 6.45) is 0. The molecular formula is C12H6Cl2F6O2Zr. The van der Waals surface area contributed by atoms with Crippen LogP contribution in [-0.4, -0.2) is 10.2 Å². The summed E-state index contributed by atoms with van der Waals surface area (Å²) in [7, 11) is 0. The second kappa shape index (κ2) is 11.6. The van der Waals surface area contributed by atoms with Crippen molar-refractivity contribution in [3.05, 3.63) is 59.2 Å². The van der Waals surface area contributed by atoms with Crippen molar-refractivity contribution in [1.29, 1.82) is 0 Å². The first-order valence-corrected chi connectivity index (χ1v) is 4.89. The summed E-state index contributed by atoms with van der Waals surface area (Å²) >= 11 is 0. The molecule has 0 aromatic heterocycles. The summed E-state index contributed by atoms with van der Waals surface area (Å²) in [6, 6.07) is 1.32. The first-order valence-electron chi connectivity index (χ1n) is 4.89. The Morgan fingerprint density at radius 2 is 0.696 bits per heavy atom. The summed E-state index contributed by atoms with van der Waals surface area (Å²) < 4.78 is 72.4. The van der Waals surface area contributed by atoms with Crippen LogP contribution < -0.4 is 24.8 Å². The van der Waals surface area contributed by atoms with E-state index in [4.69, 9.17) is 10.2 Å². The fourth-order valence-corrected chi connectivity index (χ4v) is 1.02. The van der Waals surface area contributed by atoms with Gasteiger partial charge in [-0.3, -0.25) is 0 Å². The van der Waals surface area contributed by atoms with E-state index >= 15 is 0 Å². The second-order valence-electron chi connectivity index (χ2n) is 3.44. The molecule has 0 aliphatic heterocycles. The smallest absolute Gasteiger partial charge is 1.00 e. The van der Waals surface area contributed by atoms with Gasteiger partial charge in [-0.2, -0.15) is 0 Å². The first kappa shape index (κ1) is 27.0.